The van der Waals surface area contributed by atoms with Crippen LogP contribution in [-0.4, -0.2) is 41.4 Å². The molecule has 146 valence electrons. The molecule has 0 radical (unpaired) electrons. The van der Waals surface area contributed by atoms with Gasteiger partial charge in [0.2, 0.25) is 5.91 Å². The zero-order valence-electron chi connectivity index (χ0n) is 15.9. The molecule has 6 nitrogen and oxygen atoms in total. The summed E-state index contributed by atoms with van der Waals surface area (Å²) in [6, 6.07) is 15.7. The third kappa shape index (κ3) is 8.38. The number of rotatable bonds is 8. The summed E-state index contributed by atoms with van der Waals surface area (Å²) >= 11 is 0. The van der Waals surface area contributed by atoms with Crippen molar-refractivity contribution in [1.29, 1.82) is 0 Å². The van der Waals surface area contributed by atoms with Gasteiger partial charge in [0.25, 0.3) is 0 Å². The Morgan fingerprint density at radius 3 is 2.44 bits per heavy atom. The fourth-order valence-corrected chi connectivity index (χ4v) is 2.44. The largest absolute Gasteiger partial charge is 0.357 e. The van der Waals surface area contributed by atoms with Crippen LogP contribution in [0.3, 0.4) is 0 Å². The Hall–Kier alpha value is -2.16. The van der Waals surface area contributed by atoms with Crippen LogP contribution in [0.15, 0.2) is 59.7 Å². The quantitative estimate of drug-likeness (QED) is 0.346. The van der Waals surface area contributed by atoms with Crippen LogP contribution in [0.25, 0.3) is 0 Å². The number of likely N-dealkylation sites (N-methyl/N-ethyl adjacent to an activating group) is 1. The highest BCUT2D eigenvalue weighted by Crippen LogP contribution is 2.04. The topological polar surface area (TPSA) is 69.6 Å². The number of benzene rings is 1. The third-order valence-corrected chi connectivity index (χ3v) is 3.83. The van der Waals surface area contributed by atoms with Crippen molar-refractivity contribution in [2.45, 2.75) is 26.9 Å². The van der Waals surface area contributed by atoms with E-state index in [1.165, 1.54) is 0 Å². The van der Waals surface area contributed by atoms with Gasteiger partial charge in [-0.2, -0.15) is 0 Å². The van der Waals surface area contributed by atoms with E-state index in [9.17, 15) is 4.79 Å². The van der Waals surface area contributed by atoms with Crippen LogP contribution in [0.4, 0.5) is 0 Å². The first-order chi connectivity index (χ1) is 12.7. The molecule has 1 amide bonds. The zero-order chi connectivity index (χ0) is 18.6. The number of hydrogen-bond donors (Lipinski definition) is 2. The minimum atomic E-state index is 0. The fraction of sp³-hybridized carbons (Fsp3) is 0.350. The summed E-state index contributed by atoms with van der Waals surface area (Å²) in [6.45, 7) is 6.65. The van der Waals surface area contributed by atoms with Crippen LogP contribution in [0.2, 0.25) is 0 Å². The third-order valence-electron chi connectivity index (χ3n) is 3.83. The highest BCUT2D eigenvalue weighted by atomic mass is 127. The van der Waals surface area contributed by atoms with Gasteiger partial charge in [-0.3, -0.25) is 9.78 Å². The van der Waals surface area contributed by atoms with Gasteiger partial charge in [0.1, 0.15) is 0 Å². The second kappa shape index (κ2) is 13.1. The number of hydrogen-bond acceptors (Lipinski definition) is 3. The Balaban J connectivity index is 0.00000364. The molecule has 7 heteroatoms. The lowest BCUT2D eigenvalue weighted by atomic mass is 10.2. The molecular weight excluding hydrogens is 453 g/mol. The summed E-state index contributed by atoms with van der Waals surface area (Å²) in [6.07, 6.45) is 1.75. The van der Waals surface area contributed by atoms with Crippen molar-refractivity contribution >= 4 is 35.8 Å². The average Bonchev–Trinajstić information content (AvgIpc) is 2.69. The van der Waals surface area contributed by atoms with Crippen LogP contribution in [-0.2, 0) is 17.9 Å². The first kappa shape index (κ1) is 22.9. The summed E-state index contributed by atoms with van der Waals surface area (Å²) in [7, 11) is 0. The number of guanidine groups is 1. The number of halogens is 1. The molecule has 0 aliphatic rings. The summed E-state index contributed by atoms with van der Waals surface area (Å²) in [5.41, 5.74) is 2.01. The van der Waals surface area contributed by atoms with E-state index in [4.69, 9.17) is 0 Å². The van der Waals surface area contributed by atoms with Gasteiger partial charge in [0.05, 0.1) is 18.8 Å². The second-order valence-electron chi connectivity index (χ2n) is 5.76. The van der Waals surface area contributed by atoms with E-state index in [0.29, 0.717) is 25.6 Å². The predicted molar refractivity (Wildman–Crippen MR) is 120 cm³/mol. The number of aliphatic imine (C=N–C) groups is 1. The van der Waals surface area contributed by atoms with E-state index >= 15 is 0 Å². The van der Waals surface area contributed by atoms with Gasteiger partial charge in [-0.05, 0) is 31.5 Å². The van der Waals surface area contributed by atoms with Gasteiger partial charge < -0.3 is 15.5 Å². The molecule has 0 bridgehead atoms. The number of nitrogens with one attached hydrogen (secondary N) is 2. The first-order valence-corrected chi connectivity index (χ1v) is 8.96. The smallest absolute Gasteiger partial charge is 0.242 e. The van der Waals surface area contributed by atoms with Gasteiger partial charge in [0.15, 0.2) is 5.96 Å². The standard InChI is InChI=1S/C20H27N5O.HI/c1-3-21-20(23-14-18-12-8-9-13-22-18)24-15-19(26)25(4-2)16-17-10-6-5-7-11-17;/h5-13H,3-4,14-16H2,1-2H3,(H2,21,23,24);1H. The molecule has 0 atom stereocenters. The van der Waals surface area contributed by atoms with Crippen LogP contribution in [0, 0.1) is 0 Å². The minimum Gasteiger partial charge on any atom is -0.357 e. The molecule has 1 aromatic carbocycles. The van der Waals surface area contributed by atoms with Crippen molar-refractivity contribution in [2.24, 2.45) is 4.99 Å². The fourth-order valence-electron chi connectivity index (χ4n) is 2.44. The molecular formula is C20H28IN5O. The summed E-state index contributed by atoms with van der Waals surface area (Å²) in [5.74, 6) is 0.655. The lowest BCUT2D eigenvalue weighted by molar-refractivity contribution is -0.130. The Bertz CT molecular complexity index is 694. The van der Waals surface area contributed by atoms with E-state index in [0.717, 1.165) is 17.8 Å². The van der Waals surface area contributed by atoms with Crippen molar-refractivity contribution in [3.8, 4) is 0 Å². The van der Waals surface area contributed by atoms with E-state index in [1.54, 1.807) is 6.20 Å². The van der Waals surface area contributed by atoms with Crippen LogP contribution < -0.4 is 10.6 Å². The van der Waals surface area contributed by atoms with Crippen LogP contribution in [0.5, 0.6) is 0 Å². The van der Waals surface area contributed by atoms with Crippen molar-refractivity contribution in [3.63, 3.8) is 0 Å². The van der Waals surface area contributed by atoms with Crippen LogP contribution in [0.1, 0.15) is 25.1 Å². The molecule has 1 heterocycles. The monoisotopic (exact) mass is 481 g/mol. The molecule has 0 spiro atoms. The molecule has 0 fully saturated rings. The summed E-state index contributed by atoms with van der Waals surface area (Å²) in [5, 5.41) is 6.27. The molecule has 0 aliphatic heterocycles. The van der Waals surface area contributed by atoms with Gasteiger partial charge in [0, 0.05) is 25.8 Å². The summed E-state index contributed by atoms with van der Waals surface area (Å²) < 4.78 is 0. The highest BCUT2D eigenvalue weighted by Gasteiger charge is 2.12. The molecule has 0 saturated heterocycles. The normalized spacial score (nSPS) is 10.7. The predicted octanol–water partition coefficient (Wildman–Crippen LogP) is 2.80. The van der Waals surface area contributed by atoms with Gasteiger partial charge in [-0.25, -0.2) is 4.99 Å². The Labute approximate surface area is 178 Å². The van der Waals surface area contributed by atoms with E-state index in [1.807, 2.05) is 67.3 Å². The average molecular weight is 481 g/mol. The zero-order valence-corrected chi connectivity index (χ0v) is 18.2. The van der Waals surface area contributed by atoms with Crippen molar-refractivity contribution in [2.75, 3.05) is 19.6 Å². The number of pyridine rings is 1. The van der Waals surface area contributed by atoms with Crippen molar-refractivity contribution in [1.82, 2.24) is 20.5 Å². The lowest BCUT2D eigenvalue weighted by Crippen LogP contribution is -2.44. The molecule has 27 heavy (non-hydrogen) atoms. The van der Waals surface area contributed by atoms with E-state index in [2.05, 4.69) is 20.6 Å². The number of amides is 1. The minimum absolute atomic E-state index is 0. The highest BCUT2D eigenvalue weighted by molar-refractivity contribution is 14.0. The maximum Gasteiger partial charge on any atom is 0.242 e. The molecule has 0 saturated carbocycles. The number of carbonyl (C=O) groups is 1. The van der Waals surface area contributed by atoms with E-state index < -0.39 is 0 Å². The number of carbonyl (C=O) groups excluding carboxylic acids is 1. The molecule has 2 rings (SSSR count). The van der Waals surface area contributed by atoms with Crippen molar-refractivity contribution in [3.05, 3.63) is 66.0 Å². The SMILES string of the molecule is CCNC(=NCc1ccccn1)NCC(=O)N(CC)Cc1ccccc1.I. The van der Waals surface area contributed by atoms with Gasteiger partial charge in [-0.1, -0.05) is 36.4 Å². The Morgan fingerprint density at radius 2 is 1.81 bits per heavy atom. The van der Waals surface area contributed by atoms with Gasteiger partial charge >= 0.3 is 0 Å². The first-order valence-electron chi connectivity index (χ1n) is 8.96. The maximum atomic E-state index is 12.5. The molecule has 0 aliphatic carbocycles. The molecule has 0 unspecified atom stereocenters. The van der Waals surface area contributed by atoms with Crippen molar-refractivity contribution < 1.29 is 4.79 Å². The number of nitrogens with zero attached hydrogens (tertiary/aromatic N) is 3. The molecule has 1 aromatic heterocycles. The molecule has 2 aromatic rings. The lowest BCUT2D eigenvalue weighted by Gasteiger charge is -2.22. The Morgan fingerprint density at radius 1 is 1.07 bits per heavy atom. The molecule has 2 N–H and O–H groups in total. The van der Waals surface area contributed by atoms with Gasteiger partial charge in [-0.15, -0.1) is 24.0 Å². The van der Waals surface area contributed by atoms with Crippen LogP contribution >= 0.6 is 24.0 Å². The Kier molecular flexibility index (Phi) is 11.1. The second-order valence-corrected chi connectivity index (χ2v) is 5.76. The maximum absolute atomic E-state index is 12.5. The summed E-state index contributed by atoms with van der Waals surface area (Å²) in [4.78, 5) is 23.1. The van der Waals surface area contributed by atoms with E-state index in [-0.39, 0.29) is 36.4 Å². The number of aromatic nitrogens is 1.